The normalized spacial score (nSPS) is 17.2. The van der Waals surface area contributed by atoms with Crippen molar-refractivity contribution in [3.05, 3.63) is 24.0 Å². The van der Waals surface area contributed by atoms with Crippen molar-refractivity contribution in [3.8, 4) is 11.3 Å². The van der Waals surface area contributed by atoms with Crippen LogP contribution in [0.3, 0.4) is 0 Å². The summed E-state index contributed by atoms with van der Waals surface area (Å²) in [7, 11) is 0. The smallest absolute Gasteiger partial charge is 0.177 e. The van der Waals surface area contributed by atoms with Crippen LogP contribution >= 0.6 is 0 Å². The zero-order chi connectivity index (χ0) is 17.6. The van der Waals surface area contributed by atoms with Gasteiger partial charge in [-0.1, -0.05) is 0 Å². The van der Waals surface area contributed by atoms with Crippen molar-refractivity contribution in [2.24, 2.45) is 5.73 Å². The lowest BCUT2D eigenvalue weighted by molar-refractivity contribution is 0.363. The largest absolute Gasteiger partial charge is 0.383 e. The maximum Gasteiger partial charge on any atom is 0.177 e. The van der Waals surface area contributed by atoms with E-state index in [-0.39, 0.29) is 5.54 Å². The SMILES string of the molecule is Cc1c(-c2n[nH]c3nc(N4CCC(C)(N)CC4)cnc23)ccnc1N. The first-order chi connectivity index (χ1) is 11.9. The van der Waals surface area contributed by atoms with E-state index >= 15 is 0 Å². The minimum absolute atomic E-state index is 0.0893. The lowest BCUT2D eigenvalue weighted by Crippen LogP contribution is -2.48. The van der Waals surface area contributed by atoms with E-state index < -0.39 is 0 Å². The van der Waals surface area contributed by atoms with Crippen LogP contribution in [0.1, 0.15) is 25.3 Å². The molecule has 1 aliphatic heterocycles. The highest BCUT2D eigenvalue weighted by Crippen LogP contribution is 2.30. The van der Waals surface area contributed by atoms with Gasteiger partial charge in [-0.3, -0.25) is 5.10 Å². The standard InChI is InChI=1S/C17H22N8/c1-10-11(3-6-20-15(10)18)13-14-16(24-23-13)22-12(9-21-14)25-7-4-17(2,19)5-8-25/h3,6,9H,4-5,7-8,19H2,1-2H3,(H2,18,20)(H,22,23,24). The Morgan fingerprint density at radius 3 is 2.76 bits per heavy atom. The number of H-pyrrole nitrogens is 1. The van der Waals surface area contributed by atoms with Crippen molar-refractivity contribution in [1.29, 1.82) is 0 Å². The molecule has 5 N–H and O–H groups in total. The van der Waals surface area contributed by atoms with Gasteiger partial charge in [0, 0.05) is 36.0 Å². The molecule has 0 aliphatic carbocycles. The second-order valence-electron chi connectivity index (χ2n) is 7.01. The number of hydrogen-bond acceptors (Lipinski definition) is 7. The summed E-state index contributed by atoms with van der Waals surface area (Å²) >= 11 is 0. The van der Waals surface area contributed by atoms with E-state index in [1.165, 1.54) is 0 Å². The van der Waals surface area contributed by atoms with Gasteiger partial charge in [-0.25, -0.2) is 15.0 Å². The highest BCUT2D eigenvalue weighted by Gasteiger charge is 2.27. The summed E-state index contributed by atoms with van der Waals surface area (Å²) in [5, 5.41) is 7.40. The van der Waals surface area contributed by atoms with Crippen LogP contribution in [-0.4, -0.2) is 43.8 Å². The number of nitrogens with two attached hydrogens (primary N) is 2. The number of aromatic nitrogens is 5. The van der Waals surface area contributed by atoms with Gasteiger partial charge in [0.1, 0.15) is 22.8 Å². The second-order valence-corrected chi connectivity index (χ2v) is 7.01. The number of nitrogen functional groups attached to an aromatic ring is 1. The molecule has 1 saturated heterocycles. The average molecular weight is 338 g/mol. The maximum absolute atomic E-state index is 6.21. The zero-order valence-electron chi connectivity index (χ0n) is 14.5. The van der Waals surface area contributed by atoms with Crippen molar-refractivity contribution in [2.75, 3.05) is 23.7 Å². The minimum atomic E-state index is -0.0893. The van der Waals surface area contributed by atoms with Crippen molar-refractivity contribution in [3.63, 3.8) is 0 Å². The summed E-state index contributed by atoms with van der Waals surface area (Å²) in [5.74, 6) is 1.35. The lowest BCUT2D eigenvalue weighted by Gasteiger charge is -2.37. The summed E-state index contributed by atoms with van der Waals surface area (Å²) in [6.45, 7) is 5.79. The number of rotatable bonds is 2. The third-order valence-corrected chi connectivity index (χ3v) is 4.99. The van der Waals surface area contributed by atoms with Crippen LogP contribution in [0.5, 0.6) is 0 Å². The fourth-order valence-corrected chi connectivity index (χ4v) is 3.19. The Morgan fingerprint density at radius 2 is 2.00 bits per heavy atom. The van der Waals surface area contributed by atoms with E-state index in [0.29, 0.717) is 11.5 Å². The van der Waals surface area contributed by atoms with Gasteiger partial charge >= 0.3 is 0 Å². The summed E-state index contributed by atoms with van der Waals surface area (Å²) in [6.07, 6.45) is 5.37. The van der Waals surface area contributed by atoms with E-state index in [1.807, 2.05) is 13.0 Å². The number of piperidine rings is 1. The van der Waals surface area contributed by atoms with Crippen LogP contribution in [0.4, 0.5) is 11.6 Å². The fraction of sp³-hybridized carbons (Fsp3) is 0.412. The van der Waals surface area contributed by atoms with Gasteiger partial charge in [0.25, 0.3) is 0 Å². The van der Waals surface area contributed by atoms with Gasteiger partial charge in [0.15, 0.2) is 5.65 Å². The number of nitrogens with zero attached hydrogens (tertiary/aromatic N) is 5. The molecule has 25 heavy (non-hydrogen) atoms. The van der Waals surface area contributed by atoms with Crippen LogP contribution in [0.15, 0.2) is 18.5 Å². The Kier molecular flexibility index (Phi) is 3.57. The molecule has 3 aromatic heterocycles. The minimum Gasteiger partial charge on any atom is -0.383 e. The van der Waals surface area contributed by atoms with Gasteiger partial charge in [-0.2, -0.15) is 5.10 Å². The number of aromatic amines is 1. The quantitative estimate of drug-likeness (QED) is 0.649. The molecule has 0 atom stereocenters. The molecule has 0 saturated carbocycles. The van der Waals surface area contributed by atoms with Crippen molar-refractivity contribution in [1.82, 2.24) is 25.1 Å². The zero-order valence-corrected chi connectivity index (χ0v) is 14.5. The van der Waals surface area contributed by atoms with E-state index in [4.69, 9.17) is 16.5 Å². The molecule has 1 fully saturated rings. The first kappa shape index (κ1) is 15.8. The predicted molar refractivity (Wildman–Crippen MR) is 98.1 cm³/mol. The van der Waals surface area contributed by atoms with Crippen LogP contribution in [-0.2, 0) is 0 Å². The Morgan fingerprint density at radius 1 is 1.24 bits per heavy atom. The molecule has 0 spiro atoms. The maximum atomic E-state index is 6.21. The van der Waals surface area contributed by atoms with Crippen molar-refractivity contribution in [2.45, 2.75) is 32.2 Å². The van der Waals surface area contributed by atoms with Gasteiger partial charge in [-0.05, 0) is 32.8 Å². The Labute approximate surface area is 145 Å². The van der Waals surface area contributed by atoms with Crippen molar-refractivity contribution < 1.29 is 0 Å². The van der Waals surface area contributed by atoms with E-state index in [0.717, 1.165) is 54.1 Å². The summed E-state index contributed by atoms with van der Waals surface area (Å²) in [6, 6.07) is 1.89. The predicted octanol–water partition coefficient (Wildman–Crippen LogP) is 1.62. The first-order valence-corrected chi connectivity index (χ1v) is 8.41. The number of anilines is 2. The van der Waals surface area contributed by atoms with E-state index in [1.54, 1.807) is 12.4 Å². The Hall–Kier alpha value is -2.74. The fourth-order valence-electron chi connectivity index (χ4n) is 3.19. The molecular weight excluding hydrogens is 316 g/mol. The summed E-state index contributed by atoms with van der Waals surface area (Å²) in [5.41, 5.74) is 16.0. The number of fused-ring (bicyclic) bond motifs is 1. The second kappa shape index (κ2) is 5.66. The highest BCUT2D eigenvalue weighted by molar-refractivity contribution is 5.89. The average Bonchev–Trinajstić information content (AvgIpc) is 3.00. The Balaban J connectivity index is 1.69. The molecule has 3 aromatic rings. The number of hydrogen-bond donors (Lipinski definition) is 3. The molecular formula is C17H22N8. The van der Waals surface area contributed by atoms with Crippen LogP contribution < -0.4 is 16.4 Å². The topological polar surface area (TPSA) is 123 Å². The third-order valence-electron chi connectivity index (χ3n) is 4.99. The molecule has 4 heterocycles. The van der Waals surface area contributed by atoms with Crippen LogP contribution in [0.25, 0.3) is 22.4 Å². The summed E-state index contributed by atoms with van der Waals surface area (Å²) < 4.78 is 0. The third kappa shape index (κ3) is 2.78. The van der Waals surface area contributed by atoms with E-state index in [9.17, 15) is 0 Å². The molecule has 0 radical (unpaired) electrons. The molecule has 1 aliphatic rings. The van der Waals surface area contributed by atoms with Crippen LogP contribution in [0, 0.1) is 6.92 Å². The van der Waals surface area contributed by atoms with Gasteiger partial charge in [0.2, 0.25) is 0 Å². The monoisotopic (exact) mass is 338 g/mol. The Bertz CT molecular complexity index is 920. The van der Waals surface area contributed by atoms with E-state index in [2.05, 4.69) is 32.0 Å². The van der Waals surface area contributed by atoms with Gasteiger partial charge in [-0.15, -0.1) is 0 Å². The molecule has 130 valence electrons. The van der Waals surface area contributed by atoms with Crippen molar-refractivity contribution >= 4 is 22.8 Å². The van der Waals surface area contributed by atoms with Crippen LogP contribution in [0.2, 0.25) is 0 Å². The number of pyridine rings is 1. The molecule has 8 heteroatoms. The lowest BCUT2D eigenvalue weighted by atomic mass is 9.91. The molecule has 0 bridgehead atoms. The van der Waals surface area contributed by atoms with Gasteiger partial charge < -0.3 is 16.4 Å². The molecule has 0 amide bonds. The first-order valence-electron chi connectivity index (χ1n) is 8.41. The molecule has 4 rings (SSSR count). The molecule has 0 unspecified atom stereocenters. The summed E-state index contributed by atoms with van der Waals surface area (Å²) in [4.78, 5) is 15.6. The molecule has 8 nitrogen and oxygen atoms in total. The number of nitrogens with one attached hydrogen (secondary N) is 1. The highest BCUT2D eigenvalue weighted by atomic mass is 15.2. The molecule has 0 aromatic carbocycles. The van der Waals surface area contributed by atoms with Gasteiger partial charge in [0.05, 0.1) is 6.20 Å².